The number of nitrogens with one attached hydrogen (secondary N) is 1. The first-order valence-electron chi connectivity index (χ1n) is 16.2. The Kier molecular flexibility index (Phi) is 11.1. The minimum Gasteiger partial charge on any atom is -0.508 e. The topological polar surface area (TPSA) is 119 Å². The number of carbonyl (C=O) groups is 3. The van der Waals surface area contributed by atoms with Gasteiger partial charge in [-0.2, -0.15) is 0 Å². The number of unbranched alkanes of at least 4 members (excludes halogenated alkanes) is 2. The number of carboxylic acid groups (broad SMARTS) is 1. The molecule has 5 rings (SSSR count). The zero-order valence-electron chi connectivity index (χ0n) is 26.4. The minimum atomic E-state index is -1.02. The number of phenols is 1. The van der Waals surface area contributed by atoms with E-state index in [-0.39, 0.29) is 24.0 Å². The van der Waals surface area contributed by atoms with Crippen molar-refractivity contribution in [2.45, 2.75) is 51.5 Å². The molecule has 2 saturated heterocycles. The van der Waals surface area contributed by atoms with Crippen LogP contribution in [0.2, 0.25) is 0 Å². The number of hydrogen-bond acceptors (Lipinski definition) is 6. The molecule has 3 N–H and O–H groups in total. The molecule has 9 nitrogen and oxygen atoms in total. The molecular formula is C37H43N3O6. The Morgan fingerprint density at radius 1 is 0.891 bits per heavy atom. The van der Waals surface area contributed by atoms with Crippen molar-refractivity contribution >= 4 is 29.1 Å². The highest BCUT2D eigenvalue weighted by Crippen LogP contribution is 2.35. The molecule has 2 fully saturated rings. The van der Waals surface area contributed by atoms with Gasteiger partial charge in [0.15, 0.2) is 0 Å². The summed E-state index contributed by atoms with van der Waals surface area (Å²) in [7, 11) is 0. The molecule has 46 heavy (non-hydrogen) atoms. The molecule has 2 atom stereocenters. The van der Waals surface area contributed by atoms with E-state index >= 15 is 0 Å². The van der Waals surface area contributed by atoms with Crippen molar-refractivity contribution in [1.82, 2.24) is 15.1 Å². The summed E-state index contributed by atoms with van der Waals surface area (Å²) in [6, 6.07) is 25.5. The van der Waals surface area contributed by atoms with Crippen LogP contribution in [0, 0.1) is 5.92 Å². The average Bonchev–Trinajstić information content (AvgIpc) is 3.06. The Morgan fingerprint density at radius 2 is 1.59 bits per heavy atom. The summed E-state index contributed by atoms with van der Waals surface area (Å²) in [5.74, 6) is -0.117. The van der Waals surface area contributed by atoms with Crippen LogP contribution in [-0.2, 0) is 9.59 Å². The van der Waals surface area contributed by atoms with Gasteiger partial charge in [0.05, 0.1) is 18.6 Å². The van der Waals surface area contributed by atoms with E-state index in [2.05, 4.69) is 41.4 Å². The highest BCUT2D eigenvalue weighted by Gasteiger charge is 2.41. The van der Waals surface area contributed by atoms with Gasteiger partial charge in [0.1, 0.15) is 11.5 Å². The molecule has 242 valence electrons. The lowest BCUT2D eigenvalue weighted by Crippen LogP contribution is -2.61. The van der Waals surface area contributed by atoms with Gasteiger partial charge in [0, 0.05) is 26.1 Å². The van der Waals surface area contributed by atoms with E-state index in [1.165, 1.54) is 16.0 Å². The third kappa shape index (κ3) is 8.14. The van der Waals surface area contributed by atoms with Crippen molar-refractivity contribution in [2.75, 3.05) is 32.8 Å². The number of hydrogen-bond donors (Lipinski definition) is 3. The number of ether oxygens (including phenoxy) is 1. The maximum absolute atomic E-state index is 12.5. The average molecular weight is 626 g/mol. The van der Waals surface area contributed by atoms with Gasteiger partial charge in [-0.1, -0.05) is 61.5 Å². The van der Waals surface area contributed by atoms with Crippen LogP contribution in [0.15, 0.2) is 78.9 Å². The number of rotatable bonds is 12. The van der Waals surface area contributed by atoms with E-state index < -0.39 is 18.1 Å². The van der Waals surface area contributed by atoms with Crippen molar-refractivity contribution in [1.29, 1.82) is 0 Å². The number of phenolic OH excluding ortho intramolecular Hbond substituents is 1. The van der Waals surface area contributed by atoms with Gasteiger partial charge in [0.25, 0.3) is 0 Å². The molecule has 2 aliphatic heterocycles. The van der Waals surface area contributed by atoms with Crippen molar-refractivity contribution in [3.63, 3.8) is 0 Å². The van der Waals surface area contributed by atoms with Crippen LogP contribution in [0.3, 0.4) is 0 Å². The summed E-state index contributed by atoms with van der Waals surface area (Å²) >= 11 is 0. The Hall–Kier alpha value is -4.63. The third-order valence-electron chi connectivity index (χ3n) is 8.96. The molecule has 9 heteroatoms. The predicted molar refractivity (Wildman–Crippen MR) is 177 cm³/mol. The quantitative estimate of drug-likeness (QED) is 0.128. The summed E-state index contributed by atoms with van der Waals surface area (Å²) in [6.45, 7) is 5.05. The molecule has 0 saturated carbocycles. The van der Waals surface area contributed by atoms with Gasteiger partial charge < -0.3 is 19.8 Å². The molecule has 3 aromatic carbocycles. The molecule has 0 aliphatic carbocycles. The second-order valence-corrected chi connectivity index (χ2v) is 12.0. The van der Waals surface area contributed by atoms with E-state index in [0.717, 1.165) is 54.7 Å². The first-order valence-corrected chi connectivity index (χ1v) is 16.2. The number of carbonyl (C=O) groups excluding carboxylic acids is 2. The van der Waals surface area contributed by atoms with Crippen molar-refractivity contribution in [3.05, 3.63) is 95.6 Å². The van der Waals surface area contributed by atoms with Crippen LogP contribution < -0.4 is 10.1 Å². The molecule has 0 bridgehead atoms. The van der Waals surface area contributed by atoms with E-state index in [0.29, 0.717) is 32.7 Å². The van der Waals surface area contributed by atoms with Crippen LogP contribution in [0.1, 0.15) is 62.1 Å². The first kappa shape index (κ1) is 32.8. The van der Waals surface area contributed by atoms with Gasteiger partial charge in [-0.05, 0) is 90.8 Å². The molecule has 2 aliphatic rings. The van der Waals surface area contributed by atoms with Crippen LogP contribution in [-0.4, -0.2) is 76.7 Å². The molecule has 3 amide bonds. The summed E-state index contributed by atoms with van der Waals surface area (Å²) in [4.78, 5) is 39.5. The standard InChI is InChI=1S/C37H43N3O6/c1-2-31(26-9-5-3-6-10-26)35(27-11-15-29(41)16-12-27)28-13-17-30(18-14-28)46-24-8-4-7-21-39-22-23-40(37(44)45)33(25-39)32-19-20-34(42)38-36(32)43/h3,5-6,9-18,32-33,41H,2,4,7-8,19-25H2,1H3,(H,44,45)(H,38,42,43). The van der Waals surface area contributed by atoms with Gasteiger partial charge in [-0.15, -0.1) is 0 Å². The smallest absolute Gasteiger partial charge is 0.407 e. The number of allylic oxidation sites excluding steroid dienone is 1. The Labute approximate surface area is 270 Å². The zero-order chi connectivity index (χ0) is 32.5. The summed E-state index contributed by atoms with van der Waals surface area (Å²) in [5, 5.41) is 22.0. The molecule has 3 aromatic rings. The lowest BCUT2D eigenvalue weighted by molar-refractivity contribution is -0.138. The Balaban J connectivity index is 1.13. The summed E-state index contributed by atoms with van der Waals surface area (Å²) in [5.41, 5.74) is 5.65. The van der Waals surface area contributed by atoms with Crippen LogP contribution in [0.4, 0.5) is 4.79 Å². The number of amides is 3. The predicted octanol–water partition coefficient (Wildman–Crippen LogP) is 6.03. The van der Waals surface area contributed by atoms with Gasteiger partial charge in [-0.3, -0.25) is 19.8 Å². The maximum Gasteiger partial charge on any atom is 0.407 e. The Morgan fingerprint density at radius 3 is 2.24 bits per heavy atom. The van der Waals surface area contributed by atoms with E-state index in [4.69, 9.17) is 4.74 Å². The van der Waals surface area contributed by atoms with E-state index in [1.54, 1.807) is 12.1 Å². The monoisotopic (exact) mass is 625 g/mol. The van der Waals surface area contributed by atoms with Crippen molar-refractivity contribution < 1.29 is 29.3 Å². The normalized spacial score (nSPS) is 19.4. The van der Waals surface area contributed by atoms with Gasteiger partial charge in [-0.25, -0.2) is 4.79 Å². The fourth-order valence-electron chi connectivity index (χ4n) is 6.56. The SMILES string of the molecule is CCC(=C(c1ccc(O)cc1)c1ccc(OCCCCCN2CCN(C(=O)O)C(C3CCC(=O)NC3=O)C2)cc1)c1ccccc1. The first-order chi connectivity index (χ1) is 22.3. The number of benzene rings is 3. The molecular weight excluding hydrogens is 582 g/mol. The zero-order valence-corrected chi connectivity index (χ0v) is 26.4. The van der Waals surface area contributed by atoms with Crippen LogP contribution in [0.25, 0.3) is 11.1 Å². The second-order valence-electron chi connectivity index (χ2n) is 12.0. The van der Waals surface area contributed by atoms with Gasteiger partial charge in [0.2, 0.25) is 11.8 Å². The second kappa shape index (κ2) is 15.6. The van der Waals surface area contributed by atoms with Crippen molar-refractivity contribution in [2.24, 2.45) is 5.92 Å². The molecule has 2 heterocycles. The minimum absolute atomic E-state index is 0.238. The Bertz CT molecular complexity index is 1520. The highest BCUT2D eigenvalue weighted by molar-refractivity contribution is 5.99. The van der Waals surface area contributed by atoms with Crippen LogP contribution in [0.5, 0.6) is 11.5 Å². The van der Waals surface area contributed by atoms with Gasteiger partial charge >= 0.3 is 6.09 Å². The lowest BCUT2D eigenvalue weighted by atomic mass is 9.88. The molecule has 0 radical (unpaired) electrons. The van der Waals surface area contributed by atoms with E-state index in [1.807, 2.05) is 42.5 Å². The summed E-state index contributed by atoms with van der Waals surface area (Å²) in [6.07, 6.45) is 3.25. The number of piperazine rings is 1. The highest BCUT2D eigenvalue weighted by atomic mass is 16.5. The summed E-state index contributed by atoms with van der Waals surface area (Å²) < 4.78 is 6.08. The maximum atomic E-state index is 12.5. The third-order valence-corrected chi connectivity index (χ3v) is 8.96. The van der Waals surface area contributed by atoms with Crippen molar-refractivity contribution in [3.8, 4) is 11.5 Å². The number of nitrogens with zero attached hydrogens (tertiary/aromatic N) is 2. The number of aromatic hydroxyl groups is 1. The molecule has 0 spiro atoms. The number of piperidine rings is 1. The lowest BCUT2D eigenvalue weighted by Gasteiger charge is -2.43. The largest absolute Gasteiger partial charge is 0.508 e. The number of imide groups is 1. The molecule has 0 aromatic heterocycles. The fraction of sp³-hybridized carbons (Fsp3) is 0.378. The molecule has 2 unspecified atom stereocenters. The van der Waals surface area contributed by atoms with E-state index in [9.17, 15) is 24.6 Å². The fourth-order valence-corrected chi connectivity index (χ4v) is 6.56. The van der Waals surface area contributed by atoms with Crippen LogP contribution >= 0.6 is 0 Å².